The van der Waals surface area contributed by atoms with Gasteiger partial charge in [-0.15, -0.1) is 0 Å². The molecule has 22 heavy (non-hydrogen) atoms. The maximum absolute atomic E-state index is 14.0. The highest BCUT2D eigenvalue weighted by Gasteiger charge is 2.41. The van der Waals surface area contributed by atoms with Crippen molar-refractivity contribution in [2.75, 3.05) is 5.32 Å². The second kappa shape index (κ2) is 5.94. The number of carboxylic acids is 1. The number of rotatable bonds is 5. The van der Waals surface area contributed by atoms with Gasteiger partial charge in [0.25, 0.3) is 0 Å². The van der Waals surface area contributed by atoms with E-state index in [1.165, 1.54) is 12.1 Å². The van der Waals surface area contributed by atoms with Crippen LogP contribution in [0.25, 0.3) is 0 Å². The summed E-state index contributed by atoms with van der Waals surface area (Å²) in [7, 11) is 0. The number of hydrogen-bond donors (Lipinski definition) is 2. The van der Waals surface area contributed by atoms with E-state index in [-0.39, 0.29) is 17.8 Å². The predicted molar refractivity (Wildman–Crippen MR) is 77.1 cm³/mol. The summed E-state index contributed by atoms with van der Waals surface area (Å²) >= 11 is 0. The third-order valence-electron chi connectivity index (χ3n) is 4.47. The van der Waals surface area contributed by atoms with Crippen molar-refractivity contribution < 1.29 is 23.8 Å². The second-order valence-corrected chi connectivity index (χ2v) is 5.93. The first-order valence-corrected chi connectivity index (χ1v) is 7.54. The average Bonchev–Trinajstić information content (AvgIpc) is 2.33. The summed E-state index contributed by atoms with van der Waals surface area (Å²) in [5.41, 5.74) is 0.319. The molecule has 0 heterocycles. The van der Waals surface area contributed by atoms with Gasteiger partial charge in [-0.1, -0.05) is 0 Å². The molecule has 1 aromatic rings. The van der Waals surface area contributed by atoms with Crippen LogP contribution < -0.4 is 10.1 Å². The summed E-state index contributed by atoms with van der Waals surface area (Å²) in [6, 6.07) is 4.28. The van der Waals surface area contributed by atoms with Crippen molar-refractivity contribution in [3.05, 3.63) is 24.0 Å². The third kappa shape index (κ3) is 2.91. The topological polar surface area (TPSA) is 75.6 Å². The van der Waals surface area contributed by atoms with E-state index in [1.54, 1.807) is 6.07 Å². The van der Waals surface area contributed by atoms with E-state index < -0.39 is 23.6 Å². The van der Waals surface area contributed by atoms with Crippen molar-refractivity contribution in [2.45, 2.75) is 38.2 Å². The van der Waals surface area contributed by atoms with E-state index >= 15 is 0 Å². The van der Waals surface area contributed by atoms with E-state index in [4.69, 9.17) is 9.84 Å². The average molecular weight is 307 g/mol. The van der Waals surface area contributed by atoms with Gasteiger partial charge < -0.3 is 15.2 Å². The Morgan fingerprint density at radius 2 is 1.91 bits per heavy atom. The lowest BCUT2D eigenvalue weighted by molar-refractivity contribution is -0.151. The molecule has 3 rings (SSSR count). The molecule has 2 fully saturated rings. The zero-order chi connectivity index (χ0) is 15.7. The first kappa shape index (κ1) is 14.8. The molecular weight excluding hydrogens is 289 g/mol. The van der Waals surface area contributed by atoms with Gasteiger partial charge in [0, 0.05) is 11.8 Å². The lowest BCUT2D eigenvalue weighted by Crippen LogP contribution is -2.41. The zero-order valence-electron chi connectivity index (χ0n) is 12.0. The summed E-state index contributed by atoms with van der Waals surface area (Å²) in [5.74, 6) is -2.83. The van der Waals surface area contributed by atoms with E-state index in [9.17, 15) is 14.0 Å². The van der Waals surface area contributed by atoms with Gasteiger partial charge in [-0.3, -0.25) is 9.59 Å². The van der Waals surface area contributed by atoms with Crippen molar-refractivity contribution in [3.63, 3.8) is 0 Å². The quantitative estimate of drug-likeness (QED) is 0.877. The van der Waals surface area contributed by atoms with E-state index in [1.807, 2.05) is 0 Å². The smallest absolute Gasteiger partial charge is 0.307 e. The molecule has 0 radical (unpaired) electrons. The van der Waals surface area contributed by atoms with Gasteiger partial charge >= 0.3 is 5.97 Å². The molecule has 0 spiro atoms. The van der Waals surface area contributed by atoms with Crippen LogP contribution in [0.4, 0.5) is 10.1 Å². The Balaban J connectivity index is 1.61. The number of carbonyl (C=O) groups excluding carboxylic acids is 1. The molecule has 0 bridgehead atoms. The fourth-order valence-corrected chi connectivity index (χ4v) is 2.69. The molecule has 1 aromatic carbocycles. The SMILES string of the molecule is O=C(O)C1CCC1C(=O)Nc1ccc(OC2CCC2)c(F)c1. The number of nitrogens with one attached hydrogen (secondary N) is 1. The monoisotopic (exact) mass is 307 g/mol. The van der Waals surface area contributed by atoms with E-state index in [0.29, 0.717) is 18.5 Å². The molecule has 2 atom stereocenters. The standard InChI is InChI=1S/C16H18FNO4/c17-13-8-9(4-7-14(13)22-10-2-1-3-10)18-15(19)11-5-6-12(11)16(20)21/h4,7-8,10-12H,1-3,5-6H2,(H,18,19)(H,20,21). The van der Waals surface area contributed by atoms with Crippen LogP contribution in [0.15, 0.2) is 18.2 Å². The van der Waals surface area contributed by atoms with E-state index in [0.717, 1.165) is 19.3 Å². The number of hydrogen-bond acceptors (Lipinski definition) is 3. The zero-order valence-corrected chi connectivity index (χ0v) is 12.0. The molecule has 1 amide bonds. The predicted octanol–water partition coefficient (Wildman–Crippen LogP) is 2.81. The van der Waals surface area contributed by atoms with Crippen LogP contribution in [-0.2, 0) is 9.59 Å². The number of aliphatic carboxylic acids is 1. The van der Waals surface area contributed by atoms with Gasteiger partial charge in [0.2, 0.25) is 5.91 Å². The Morgan fingerprint density at radius 3 is 2.41 bits per heavy atom. The fraction of sp³-hybridized carbons (Fsp3) is 0.500. The maximum Gasteiger partial charge on any atom is 0.307 e. The highest BCUT2D eigenvalue weighted by atomic mass is 19.1. The van der Waals surface area contributed by atoms with Crippen molar-refractivity contribution in [1.29, 1.82) is 0 Å². The van der Waals surface area contributed by atoms with Gasteiger partial charge in [-0.2, -0.15) is 0 Å². The van der Waals surface area contributed by atoms with Crippen LogP contribution >= 0.6 is 0 Å². The minimum atomic E-state index is -0.957. The summed E-state index contributed by atoms with van der Waals surface area (Å²) < 4.78 is 19.5. The molecule has 2 aliphatic rings. The molecule has 2 N–H and O–H groups in total. The number of ether oxygens (including phenoxy) is 1. The van der Waals surface area contributed by atoms with Gasteiger partial charge in [-0.05, 0) is 44.2 Å². The fourth-order valence-electron chi connectivity index (χ4n) is 2.69. The van der Waals surface area contributed by atoms with Crippen LogP contribution in [-0.4, -0.2) is 23.1 Å². The summed E-state index contributed by atoms with van der Waals surface area (Å²) in [6.45, 7) is 0. The lowest BCUT2D eigenvalue weighted by atomic mass is 9.73. The van der Waals surface area contributed by atoms with Crippen LogP contribution in [0.2, 0.25) is 0 Å². The largest absolute Gasteiger partial charge is 0.487 e. The van der Waals surface area contributed by atoms with Crippen molar-refractivity contribution in [2.24, 2.45) is 11.8 Å². The molecule has 118 valence electrons. The molecule has 2 saturated carbocycles. The number of halogens is 1. The highest BCUT2D eigenvalue weighted by molar-refractivity contribution is 5.96. The van der Waals surface area contributed by atoms with Crippen LogP contribution in [0.3, 0.4) is 0 Å². The second-order valence-electron chi connectivity index (χ2n) is 5.93. The number of carbonyl (C=O) groups is 2. The van der Waals surface area contributed by atoms with Gasteiger partial charge in [0.1, 0.15) is 0 Å². The van der Waals surface area contributed by atoms with E-state index in [2.05, 4.69) is 5.32 Å². The summed E-state index contributed by atoms with van der Waals surface area (Å²) in [6.07, 6.45) is 4.13. The third-order valence-corrected chi connectivity index (χ3v) is 4.47. The molecule has 5 nitrogen and oxygen atoms in total. The first-order valence-electron chi connectivity index (χ1n) is 7.54. The van der Waals surface area contributed by atoms with Crippen molar-refractivity contribution in [1.82, 2.24) is 0 Å². The molecule has 0 aromatic heterocycles. The lowest BCUT2D eigenvalue weighted by Gasteiger charge is -2.32. The Morgan fingerprint density at radius 1 is 1.18 bits per heavy atom. The molecule has 6 heteroatoms. The molecule has 0 aliphatic heterocycles. The normalized spacial score (nSPS) is 24.0. The van der Waals surface area contributed by atoms with Crippen LogP contribution in [0, 0.1) is 17.7 Å². The minimum absolute atomic E-state index is 0.0845. The van der Waals surface area contributed by atoms with Crippen molar-refractivity contribution in [3.8, 4) is 5.75 Å². The highest BCUT2D eigenvalue weighted by Crippen LogP contribution is 2.35. The maximum atomic E-state index is 14.0. The van der Waals surface area contributed by atoms with Crippen molar-refractivity contribution >= 4 is 17.6 Å². The van der Waals surface area contributed by atoms with Gasteiger partial charge in [0.15, 0.2) is 11.6 Å². The Labute approximate surface area is 127 Å². The van der Waals surface area contributed by atoms with Gasteiger partial charge in [0.05, 0.1) is 17.9 Å². The Bertz CT molecular complexity index is 600. The van der Waals surface area contributed by atoms with Crippen LogP contribution in [0.1, 0.15) is 32.1 Å². The summed E-state index contributed by atoms with van der Waals surface area (Å²) in [4.78, 5) is 22.9. The Hall–Kier alpha value is -2.11. The minimum Gasteiger partial charge on any atom is -0.487 e. The summed E-state index contributed by atoms with van der Waals surface area (Å²) in [5, 5.41) is 11.5. The van der Waals surface area contributed by atoms with Crippen LogP contribution in [0.5, 0.6) is 5.75 Å². The molecule has 2 unspecified atom stereocenters. The molecular formula is C16H18FNO4. The number of carboxylic acid groups (broad SMARTS) is 1. The molecule has 2 aliphatic carbocycles. The van der Waals surface area contributed by atoms with Gasteiger partial charge in [-0.25, -0.2) is 4.39 Å². The first-order chi connectivity index (χ1) is 10.5. The molecule has 0 saturated heterocycles. The Kier molecular flexibility index (Phi) is 4.00. The number of anilines is 1. The number of benzene rings is 1. The number of amides is 1.